The smallest absolute Gasteiger partial charge is 0.150 e. The molecule has 0 heterocycles. The number of hydrogen-bond donors (Lipinski definition) is 0. The van der Waals surface area contributed by atoms with Gasteiger partial charge in [0, 0.05) is 11.3 Å². The van der Waals surface area contributed by atoms with Gasteiger partial charge in [-0.2, -0.15) is 10.5 Å². The highest BCUT2D eigenvalue weighted by atomic mass is 19.1. The Labute approximate surface area is 92.1 Å². The largest absolute Gasteiger partial charge is 0.345 e. The highest BCUT2D eigenvalue weighted by Crippen LogP contribution is 2.17. The van der Waals surface area contributed by atoms with Gasteiger partial charge in [0.25, 0.3) is 0 Å². The lowest BCUT2D eigenvalue weighted by atomic mass is 10.2. The third kappa shape index (κ3) is 2.79. The Balaban J connectivity index is 3.09. The minimum Gasteiger partial charge on any atom is -0.345 e. The number of aldehydes is 1. The summed E-state index contributed by atoms with van der Waals surface area (Å²) in [4.78, 5) is 11.9. The van der Waals surface area contributed by atoms with Gasteiger partial charge in [0.05, 0.1) is 12.1 Å². The molecular weight excluding hydrogens is 209 g/mol. The van der Waals surface area contributed by atoms with Crippen LogP contribution >= 0.6 is 0 Å². The molecule has 1 rings (SSSR count). The van der Waals surface area contributed by atoms with Gasteiger partial charge in [0.2, 0.25) is 0 Å². The van der Waals surface area contributed by atoms with Crippen LogP contribution in [0.15, 0.2) is 18.2 Å². The van der Waals surface area contributed by atoms with Crippen molar-refractivity contribution in [2.24, 2.45) is 0 Å². The van der Waals surface area contributed by atoms with E-state index in [4.69, 9.17) is 10.5 Å². The van der Waals surface area contributed by atoms with Gasteiger partial charge in [-0.05, 0) is 18.2 Å². The Morgan fingerprint density at radius 2 is 1.88 bits per heavy atom. The van der Waals surface area contributed by atoms with E-state index in [1.54, 1.807) is 0 Å². The van der Waals surface area contributed by atoms with Crippen molar-refractivity contribution in [3.8, 4) is 12.1 Å². The summed E-state index contributed by atoms with van der Waals surface area (Å²) in [7, 11) is 0. The maximum absolute atomic E-state index is 13.1. The minimum atomic E-state index is -0.569. The molecule has 0 N–H and O–H groups in total. The molecule has 0 radical (unpaired) electrons. The molecule has 1 aromatic rings. The first-order chi connectivity index (χ1) is 7.71. The third-order valence-electron chi connectivity index (χ3n) is 1.93. The van der Waals surface area contributed by atoms with Gasteiger partial charge in [-0.25, -0.2) is 4.39 Å². The number of halogens is 1. The van der Waals surface area contributed by atoms with E-state index >= 15 is 0 Å². The summed E-state index contributed by atoms with van der Waals surface area (Å²) < 4.78 is 13.1. The van der Waals surface area contributed by atoms with Crippen LogP contribution in [-0.2, 0) is 0 Å². The molecule has 80 valence electrons. The number of benzene rings is 1. The summed E-state index contributed by atoms with van der Waals surface area (Å²) in [5.41, 5.74) is 0.529. The first-order valence-corrected chi connectivity index (χ1v) is 4.46. The second-order valence-electron chi connectivity index (χ2n) is 3.03. The molecule has 4 nitrogen and oxygen atoms in total. The van der Waals surface area contributed by atoms with Crippen molar-refractivity contribution in [2.75, 3.05) is 18.0 Å². The molecule has 16 heavy (non-hydrogen) atoms. The van der Waals surface area contributed by atoms with Crippen molar-refractivity contribution in [3.63, 3.8) is 0 Å². The maximum Gasteiger partial charge on any atom is 0.150 e. The zero-order chi connectivity index (χ0) is 12.0. The summed E-state index contributed by atoms with van der Waals surface area (Å²) in [5.74, 6) is -0.569. The van der Waals surface area contributed by atoms with Gasteiger partial charge < -0.3 is 4.90 Å². The van der Waals surface area contributed by atoms with Crippen molar-refractivity contribution in [2.45, 2.75) is 0 Å². The van der Waals surface area contributed by atoms with Crippen LogP contribution in [-0.4, -0.2) is 19.4 Å². The van der Waals surface area contributed by atoms with Gasteiger partial charge in [0.15, 0.2) is 0 Å². The van der Waals surface area contributed by atoms with Crippen LogP contribution in [0, 0.1) is 28.5 Å². The van der Waals surface area contributed by atoms with Crippen molar-refractivity contribution in [1.82, 2.24) is 0 Å². The number of nitrogens with zero attached hydrogens (tertiary/aromatic N) is 3. The van der Waals surface area contributed by atoms with Crippen molar-refractivity contribution >= 4 is 12.0 Å². The van der Waals surface area contributed by atoms with Crippen LogP contribution in [0.3, 0.4) is 0 Å². The SMILES string of the molecule is N#CCN(CC#N)c1cc(F)cc(C=O)c1. The molecule has 0 bridgehead atoms. The van der Waals surface area contributed by atoms with Gasteiger partial charge >= 0.3 is 0 Å². The molecule has 0 amide bonds. The predicted molar refractivity (Wildman–Crippen MR) is 55.2 cm³/mol. The zero-order valence-corrected chi connectivity index (χ0v) is 8.35. The summed E-state index contributed by atoms with van der Waals surface area (Å²) in [6, 6.07) is 7.45. The molecule has 0 unspecified atom stereocenters. The Hall–Kier alpha value is -2.40. The Kier molecular flexibility index (Phi) is 3.99. The second-order valence-corrected chi connectivity index (χ2v) is 3.03. The normalized spacial score (nSPS) is 8.94. The number of carbonyl (C=O) groups is 1. The van der Waals surface area contributed by atoms with Crippen LogP contribution in [0.5, 0.6) is 0 Å². The quantitative estimate of drug-likeness (QED) is 0.566. The molecule has 0 fully saturated rings. The molecule has 0 saturated heterocycles. The maximum atomic E-state index is 13.1. The van der Waals surface area contributed by atoms with E-state index in [1.807, 2.05) is 12.1 Å². The van der Waals surface area contributed by atoms with E-state index in [0.29, 0.717) is 12.0 Å². The minimum absolute atomic E-state index is 0.0324. The first kappa shape index (κ1) is 11.7. The van der Waals surface area contributed by atoms with Crippen LogP contribution in [0.4, 0.5) is 10.1 Å². The highest BCUT2D eigenvalue weighted by molar-refractivity contribution is 5.77. The van der Waals surface area contributed by atoms with Crippen LogP contribution in [0.2, 0.25) is 0 Å². The summed E-state index contributed by atoms with van der Waals surface area (Å²) >= 11 is 0. The van der Waals surface area contributed by atoms with Crippen molar-refractivity contribution in [3.05, 3.63) is 29.6 Å². The zero-order valence-electron chi connectivity index (χ0n) is 8.35. The van der Waals surface area contributed by atoms with E-state index in [0.717, 1.165) is 6.07 Å². The molecule has 0 aliphatic heterocycles. The molecule has 0 aromatic heterocycles. The van der Waals surface area contributed by atoms with Crippen LogP contribution < -0.4 is 4.90 Å². The average molecular weight is 217 g/mol. The van der Waals surface area contributed by atoms with Gasteiger partial charge in [-0.3, -0.25) is 4.79 Å². The molecule has 5 heteroatoms. The van der Waals surface area contributed by atoms with E-state index in [1.165, 1.54) is 17.0 Å². The van der Waals surface area contributed by atoms with E-state index in [-0.39, 0.29) is 18.7 Å². The average Bonchev–Trinajstić information content (AvgIpc) is 2.28. The summed E-state index contributed by atoms with van der Waals surface area (Å²) in [6.45, 7) is -0.0649. The number of rotatable bonds is 4. The molecule has 0 saturated carbocycles. The monoisotopic (exact) mass is 217 g/mol. The topological polar surface area (TPSA) is 67.9 Å². The molecule has 1 aromatic carbocycles. The lowest BCUT2D eigenvalue weighted by molar-refractivity contribution is 0.112. The van der Waals surface area contributed by atoms with Crippen molar-refractivity contribution < 1.29 is 9.18 Å². The standard InChI is InChI=1S/C11H8FN3O/c12-10-5-9(8-16)6-11(7-10)15(3-1-13)4-2-14/h5-8H,3-4H2. The number of carbonyl (C=O) groups excluding carboxylic acids is 1. The Bertz CT molecular complexity index is 457. The van der Waals surface area contributed by atoms with E-state index in [9.17, 15) is 9.18 Å². The molecule has 0 aliphatic rings. The van der Waals surface area contributed by atoms with Crippen LogP contribution in [0.1, 0.15) is 10.4 Å². The van der Waals surface area contributed by atoms with Gasteiger partial charge in [-0.15, -0.1) is 0 Å². The van der Waals surface area contributed by atoms with Crippen LogP contribution in [0.25, 0.3) is 0 Å². The van der Waals surface area contributed by atoms with Crippen molar-refractivity contribution in [1.29, 1.82) is 10.5 Å². The van der Waals surface area contributed by atoms with E-state index in [2.05, 4.69) is 0 Å². The fourth-order valence-electron chi connectivity index (χ4n) is 1.26. The second kappa shape index (κ2) is 5.47. The third-order valence-corrected chi connectivity index (χ3v) is 1.93. The Morgan fingerprint density at radius 3 is 2.38 bits per heavy atom. The summed E-state index contributed by atoms with van der Waals surface area (Å²) in [5, 5.41) is 17.1. The number of hydrogen-bond acceptors (Lipinski definition) is 4. The first-order valence-electron chi connectivity index (χ1n) is 4.46. The van der Waals surface area contributed by atoms with E-state index < -0.39 is 5.82 Å². The lowest BCUT2D eigenvalue weighted by Gasteiger charge is -2.18. The highest BCUT2D eigenvalue weighted by Gasteiger charge is 2.08. The van der Waals surface area contributed by atoms with Gasteiger partial charge in [-0.1, -0.05) is 0 Å². The molecular formula is C11H8FN3O. The fraction of sp³-hybridized carbons (Fsp3) is 0.182. The fourth-order valence-corrected chi connectivity index (χ4v) is 1.26. The molecule has 0 spiro atoms. The summed E-state index contributed by atoms with van der Waals surface area (Å²) in [6.07, 6.45) is 0.517. The predicted octanol–water partition coefficient (Wildman–Crippen LogP) is 1.49. The van der Waals surface area contributed by atoms with Gasteiger partial charge in [0.1, 0.15) is 25.2 Å². The molecule has 0 aliphatic carbocycles. The number of anilines is 1. The molecule has 0 atom stereocenters. The lowest BCUT2D eigenvalue weighted by Crippen LogP contribution is -2.24. The Morgan fingerprint density at radius 1 is 1.25 bits per heavy atom. The number of nitriles is 2.